The molecule has 11 unspecified atom stereocenters. The fourth-order valence-electron chi connectivity index (χ4n) is 5.61. The van der Waals surface area contributed by atoms with E-state index < -0.39 is 85.9 Å². The highest BCUT2D eigenvalue weighted by molar-refractivity contribution is 5.66. The predicted octanol–water partition coefficient (Wildman–Crippen LogP) is 1.31. The van der Waals surface area contributed by atoms with Crippen molar-refractivity contribution in [2.24, 2.45) is 0 Å². The Morgan fingerprint density at radius 2 is 1.06 bits per heavy atom. The van der Waals surface area contributed by atoms with E-state index in [-0.39, 0.29) is 19.1 Å². The maximum Gasteiger partial charge on any atom is 0.303 e. The number of rotatable bonds is 22. The molecule has 0 aromatic rings. The largest absolute Gasteiger partial charge is 0.481 e. The van der Waals surface area contributed by atoms with Crippen LogP contribution in [0.1, 0.15) is 104 Å². The molecular weight excluding hydrogens is 624 g/mol. The molecular formula is C32H56O15. The first-order valence-corrected chi connectivity index (χ1v) is 16.8. The Morgan fingerprint density at radius 1 is 0.617 bits per heavy atom. The molecule has 6 N–H and O–H groups in total. The fourth-order valence-corrected chi connectivity index (χ4v) is 5.61. The van der Waals surface area contributed by atoms with Crippen molar-refractivity contribution in [1.82, 2.24) is 0 Å². The van der Waals surface area contributed by atoms with Crippen LogP contribution < -0.4 is 0 Å². The van der Waals surface area contributed by atoms with Crippen molar-refractivity contribution in [2.75, 3.05) is 13.2 Å². The van der Waals surface area contributed by atoms with Gasteiger partial charge in [-0.15, -0.1) is 0 Å². The third-order valence-electron chi connectivity index (χ3n) is 8.37. The number of aliphatic carboxylic acids is 1. The number of carboxylic acids is 1. The van der Waals surface area contributed by atoms with Gasteiger partial charge in [0.05, 0.1) is 6.10 Å². The third kappa shape index (κ3) is 15.0. The zero-order valence-electron chi connectivity index (χ0n) is 27.8. The number of carbonyl (C=O) groups excluding carboxylic acids is 2. The van der Waals surface area contributed by atoms with Crippen molar-refractivity contribution in [3.63, 3.8) is 0 Å². The SMILES string of the molecule is CC(=O)OCC1OC(OC2C(OC(C)CCCCCCCCCCCCCC(=O)O)OC(COC(C)=O)C(O)C2O)C(O)C(O)C1O. The predicted molar refractivity (Wildman–Crippen MR) is 164 cm³/mol. The van der Waals surface area contributed by atoms with Crippen LogP contribution in [-0.2, 0) is 42.8 Å². The Bertz CT molecular complexity index is 919. The number of ether oxygens (including phenoxy) is 6. The van der Waals surface area contributed by atoms with Gasteiger partial charge in [-0.1, -0.05) is 64.2 Å². The van der Waals surface area contributed by atoms with E-state index in [2.05, 4.69) is 0 Å². The van der Waals surface area contributed by atoms with Gasteiger partial charge in [-0.05, 0) is 19.8 Å². The molecule has 15 nitrogen and oxygen atoms in total. The van der Waals surface area contributed by atoms with E-state index in [0.717, 1.165) is 77.6 Å². The summed E-state index contributed by atoms with van der Waals surface area (Å²) in [7, 11) is 0. The minimum atomic E-state index is -1.77. The Morgan fingerprint density at radius 3 is 1.55 bits per heavy atom. The summed E-state index contributed by atoms with van der Waals surface area (Å²) in [5.41, 5.74) is 0. The summed E-state index contributed by atoms with van der Waals surface area (Å²) < 4.78 is 33.2. The lowest BCUT2D eigenvalue weighted by molar-refractivity contribution is -0.371. The number of aliphatic hydroxyl groups is 5. The molecule has 0 radical (unpaired) electrons. The molecule has 0 aromatic carbocycles. The van der Waals surface area contributed by atoms with Gasteiger partial charge in [-0.3, -0.25) is 14.4 Å². The van der Waals surface area contributed by atoms with Crippen molar-refractivity contribution in [2.45, 2.75) is 172 Å². The molecule has 11 atom stereocenters. The van der Waals surface area contributed by atoms with E-state index in [4.69, 9.17) is 33.5 Å². The van der Waals surface area contributed by atoms with Crippen molar-refractivity contribution >= 4 is 17.9 Å². The first kappa shape index (κ1) is 41.2. The van der Waals surface area contributed by atoms with Crippen LogP contribution in [0, 0.1) is 0 Å². The molecule has 2 aliphatic rings. The summed E-state index contributed by atoms with van der Waals surface area (Å²) in [4.78, 5) is 33.2. The zero-order chi connectivity index (χ0) is 34.9. The molecule has 274 valence electrons. The highest BCUT2D eigenvalue weighted by Gasteiger charge is 2.51. The zero-order valence-corrected chi connectivity index (χ0v) is 27.8. The Hall–Kier alpha value is -1.95. The van der Waals surface area contributed by atoms with E-state index in [9.17, 15) is 39.9 Å². The van der Waals surface area contributed by atoms with Crippen molar-refractivity contribution in [1.29, 1.82) is 0 Å². The second-order valence-electron chi connectivity index (χ2n) is 12.5. The van der Waals surface area contributed by atoms with Gasteiger partial charge in [0.25, 0.3) is 0 Å². The van der Waals surface area contributed by atoms with Crippen LogP contribution in [0.15, 0.2) is 0 Å². The van der Waals surface area contributed by atoms with Crippen LogP contribution >= 0.6 is 0 Å². The smallest absolute Gasteiger partial charge is 0.303 e. The minimum absolute atomic E-state index is 0.240. The van der Waals surface area contributed by atoms with Gasteiger partial charge in [0.1, 0.15) is 62.0 Å². The van der Waals surface area contributed by atoms with Crippen LogP contribution in [0.4, 0.5) is 0 Å². The number of aliphatic hydroxyl groups excluding tert-OH is 5. The van der Waals surface area contributed by atoms with Gasteiger partial charge in [0.15, 0.2) is 12.6 Å². The molecule has 0 amide bonds. The maximum absolute atomic E-state index is 11.4. The third-order valence-corrected chi connectivity index (χ3v) is 8.37. The van der Waals surface area contributed by atoms with Crippen molar-refractivity contribution < 1.29 is 73.4 Å². The van der Waals surface area contributed by atoms with Crippen molar-refractivity contribution in [3.8, 4) is 0 Å². The standard InChI is InChI=1S/C32H56O15/c1-19(15-13-11-9-7-5-4-6-8-10-12-14-16-24(35)36)44-32-30(28(40)26(38)23(46-32)18-43-21(3)34)47-31-29(41)27(39)25(37)22(45-31)17-42-20(2)33/h19,22-23,25-32,37-41H,4-18H2,1-3H3,(H,35,36). The normalized spacial score (nSPS) is 31.7. The molecule has 15 heteroatoms. The highest BCUT2D eigenvalue weighted by Crippen LogP contribution is 2.31. The Kier molecular flexibility index (Phi) is 19.2. The molecule has 2 saturated heterocycles. The van der Waals surface area contributed by atoms with Crippen LogP contribution in [0.5, 0.6) is 0 Å². The number of carboxylic acid groups (broad SMARTS) is 1. The number of esters is 2. The van der Waals surface area contributed by atoms with Crippen LogP contribution in [-0.4, -0.2) is 129 Å². The number of carbonyl (C=O) groups is 3. The first-order valence-electron chi connectivity index (χ1n) is 16.8. The summed E-state index contributed by atoms with van der Waals surface area (Å²) >= 11 is 0. The van der Waals surface area contributed by atoms with Gasteiger partial charge in [-0.2, -0.15) is 0 Å². The number of unbranched alkanes of at least 4 members (excludes halogenated alkanes) is 10. The minimum Gasteiger partial charge on any atom is -0.481 e. The topological polar surface area (TPSA) is 228 Å². The quantitative estimate of drug-likeness (QED) is 0.0700. The van der Waals surface area contributed by atoms with E-state index >= 15 is 0 Å². The van der Waals surface area contributed by atoms with Gasteiger partial charge < -0.3 is 59.1 Å². The number of hydrogen-bond acceptors (Lipinski definition) is 14. The summed E-state index contributed by atoms with van der Waals surface area (Å²) in [6, 6.07) is 0. The van der Waals surface area contributed by atoms with E-state index in [0.29, 0.717) is 6.42 Å². The average Bonchev–Trinajstić information content (AvgIpc) is 3.01. The second-order valence-corrected chi connectivity index (χ2v) is 12.5. The van der Waals surface area contributed by atoms with Gasteiger partial charge in [0.2, 0.25) is 0 Å². The summed E-state index contributed by atoms with van der Waals surface area (Å²) in [5.74, 6) is -2.01. The molecule has 0 saturated carbocycles. The van der Waals surface area contributed by atoms with Crippen LogP contribution in [0.25, 0.3) is 0 Å². The second kappa shape index (κ2) is 21.9. The molecule has 0 spiro atoms. The molecule has 47 heavy (non-hydrogen) atoms. The van der Waals surface area contributed by atoms with Crippen LogP contribution in [0.3, 0.4) is 0 Å². The summed E-state index contributed by atoms with van der Waals surface area (Å²) in [6.07, 6.45) is -3.31. The lowest BCUT2D eigenvalue weighted by Crippen LogP contribution is -2.65. The molecule has 0 bridgehead atoms. The lowest BCUT2D eigenvalue weighted by atomic mass is 9.97. The van der Waals surface area contributed by atoms with E-state index in [1.54, 1.807) is 0 Å². The van der Waals surface area contributed by atoms with Crippen LogP contribution in [0.2, 0.25) is 0 Å². The lowest BCUT2D eigenvalue weighted by Gasteiger charge is -2.46. The molecule has 2 aliphatic heterocycles. The molecule has 2 fully saturated rings. The Balaban J connectivity index is 1.88. The summed E-state index contributed by atoms with van der Waals surface area (Å²) in [6.45, 7) is 3.35. The molecule has 2 rings (SSSR count). The van der Waals surface area contributed by atoms with Crippen molar-refractivity contribution in [3.05, 3.63) is 0 Å². The average molecular weight is 681 g/mol. The maximum atomic E-state index is 11.4. The monoisotopic (exact) mass is 680 g/mol. The first-order chi connectivity index (χ1) is 22.3. The van der Waals surface area contributed by atoms with E-state index in [1.165, 1.54) is 6.92 Å². The highest BCUT2D eigenvalue weighted by atomic mass is 16.8. The fraction of sp³-hybridized carbons (Fsp3) is 0.906. The molecule has 2 heterocycles. The van der Waals surface area contributed by atoms with E-state index in [1.807, 2.05) is 6.92 Å². The van der Waals surface area contributed by atoms with Gasteiger partial charge >= 0.3 is 17.9 Å². The molecule has 0 aromatic heterocycles. The number of hydrogen-bond donors (Lipinski definition) is 6. The molecule has 0 aliphatic carbocycles. The van der Waals surface area contributed by atoms with Gasteiger partial charge in [0, 0.05) is 20.3 Å². The van der Waals surface area contributed by atoms with Gasteiger partial charge in [-0.25, -0.2) is 0 Å². The summed E-state index contributed by atoms with van der Waals surface area (Å²) in [5, 5.41) is 61.7. The Labute approximate surface area is 276 Å².